The van der Waals surface area contributed by atoms with Gasteiger partial charge in [-0.15, -0.1) is 0 Å². The number of ether oxygens (including phenoxy) is 1. The molecule has 6 nitrogen and oxygen atoms in total. The second-order valence-electron chi connectivity index (χ2n) is 6.28. The molecule has 1 fully saturated rings. The number of phenols is 1. The maximum absolute atomic E-state index is 13.7. The SMILES string of the molecule is CCOC(=O)c1cnn(C2CCCN(c3cc(Cl)ccc3O)C2)c1C(F)F. The zero-order valence-corrected chi connectivity index (χ0v) is 15.5. The van der Waals surface area contributed by atoms with Crippen LogP contribution in [0.5, 0.6) is 5.75 Å². The fourth-order valence-electron chi connectivity index (χ4n) is 3.37. The number of hydrogen-bond donors (Lipinski definition) is 1. The van der Waals surface area contributed by atoms with Gasteiger partial charge in [0.15, 0.2) is 0 Å². The molecule has 0 saturated carbocycles. The summed E-state index contributed by atoms with van der Waals surface area (Å²) in [4.78, 5) is 13.9. The van der Waals surface area contributed by atoms with Crippen molar-refractivity contribution in [3.63, 3.8) is 0 Å². The Balaban J connectivity index is 1.90. The molecule has 27 heavy (non-hydrogen) atoms. The Bertz CT molecular complexity index is 828. The van der Waals surface area contributed by atoms with Crippen LogP contribution in [-0.2, 0) is 4.74 Å². The number of aromatic hydroxyl groups is 1. The van der Waals surface area contributed by atoms with Gasteiger partial charge < -0.3 is 14.7 Å². The molecule has 1 atom stereocenters. The smallest absolute Gasteiger partial charge is 0.341 e. The lowest BCUT2D eigenvalue weighted by atomic mass is 10.0. The molecule has 0 amide bonds. The van der Waals surface area contributed by atoms with Crippen LogP contribution in [0.2, 0.25) is 5.02 Å². The van der Waals surface area contributed by atoms with Gasteiger partial charge >= 0.3 is 5.97 Å². The molecule has 1 aromatic carbocycles. The van der Waals surface area contributed by atoms with Crippen LogP contribution < -0.4 is 4.90 Å². The molecule has 146 valence electrons. The second kappa shape index (κ2) is 8.12. The molecule has 1 aromatic heterocycles. The first-order valence-electron chi connectivity index (χ1n) is 8.68. The van der Waals surface area contributed by atoms with Gasteiger partial charge in [0.1, 0.15) is 17.0 Å². The van der Waals surface area contributed by atoms with Crippen LogP contribution >= 0.6 is 11.6 Å². The third kappa shape index (κ3) is 4.00. The molecule has 1 N–H and O–H groups in total. The summed E-state index contributed by atoms with van der Waals surface area (Å²) in [5.74, 6) is -0.735. The van der Waals surface area contributed by atoms with Crippen LogP contribution in [0.1, 0.15) is 48.3 Å². The van der Waals surface area contributed by atoms with E-state index < -0.39 is 18.1 Å². The number of aromatic nitrogens is 2. The Hall–Kier alpha value is -2.35. The van der Waals surface area contributed by atoms with Gasteiger partial charge in [0, 0.05) is 18.1 Å². The molecule has 0 bridgehead atoms. The maximum atomic E-state index is 13.7. The number of benzene rings is 1. The van der Waals surface area contributed by atoms with Crippen molar-refractivity contribution < 1.29 is 23.4 Å². The van der Waals surface area contributed by atoms with Gasteiger partial charge in [-0.05, 0) is 38.0 Å². The summed E-state index contributed by atoms with van der Waals surface area (Å²) in [6, 6.07) is 4.35. The van der Waals surface area contributed by atoms with E-state index in [2.05, 4.69) is 5.10 Å². The minimum atomic E-state index is -2.86. The van der Waals surface area contributed by atoms with E-state index in [0.717, 1.165) is 6.20 Å². The largest absolute Gasteiger partial charge is 0.506 e. The van der Waals surface area contributed by atoms with Crippen molar-refractivity contribution in [2.45, 2.75) is 32.2 Å². The zero-order valence-electron chi connectivity index (χ0n) is 14.7. The molecule has 1 aliphatic rings. The van der Waals surface area contributed by atoms with Gasteiger partial charge in [0.2, 0.25) is 0 Å². The Morgan fingerprint density at radius 3 is 2.96 bits per heavy atom. The maximum Gasteiger partial charge on any atom is 0.341 e. The minimum absolute atomic E-state index is 0.0711. The molecule has 1 aliphatic heterocycles. The topological polar surface area (TPSA) is 67.6 Å². The lowest BCUT2D eigenvalue weighted by Crippen LogP contribution is -2.37. The number of nitrogens with zero attached hydrogens (tertiary/aromatic N) is 3. The van der Waals surface area contributed by atoms with Crippen molar-refractivity contribution in [2.24, 2.45) is 0 Å². The minimum Gasteiger partial charge on any atom is -0.506 e. The third-order valence-electron chi connectivity index (χ3n) is 4.56. The van der Waals surface area contributed by atoms with E-state index >= 15 is 0 Å². The first kappa shape index (κ1) is 19.4. The first-order valence-corrected chi connectivity index (χ1v) is 9.06. The zero-order chi connectivity index (χ0) is 19.6. The number of alkyl halides is 2. The highest BCUT2D eigenvalue weighted by atomic mass is 35.5. The van der Waals surface area contributed by atoms with Crippen molar-refractivity contribution in [3.05, 3.63) is 40.7 Å². The number of rotatable bonds is 5. The molecule has 0 aliphatic carbocycles. The average molecular weight is 400 g/mol. The van der Waals surface area contributed by atoms with Crippen molar-refractivity contribution in [1.29, 1.82) is 0 Å². The Kier molecular flexibility index (Phi) is 5.84. The molecule has 3 rings (SSSR count). The summed E-state index contributed by atoms with van der Waals surface area (Å²) in [6.07, 6.45) is -0.383. The molecule has 1 unspecified atom stereocenters. The molecule has 2 aromatic rings. The lowest BCUT2D eigenvalue weighted by molar-refractivity contribution is 0.0512. The van der Waals surface area contributed by atoms with Gasteiger partial charge in [-0.2, -0.15) is 5.10 Å². The average Bonchev–Trinajstić information content (AvgIpc) is 3.09. The van der Waals surface area contributed by atoms with E-state index in [4.69, 9.17) is 16.3 Å². The van der Waals surface area contributed by atoms with E-state index in [-0.39, 0.29) is 24.0 Å². The Morgan fingerprint density at radius 2 is 2.26 bits per heavy atom. The van der Waals surface area contributed by atoms with Gasteiger partial charge in [0.05, 0.1) is 24.5 Å². The number of carbonyl (C=O) groups excluding carboxylic acids is 1. The Morgan fingerprint density at radius 1 is 1.48 bits per heavy atom. The summed E-state index contributed by atoms with van der Waals surface area (Å²) < 4.78 is 33.4. The first-order chi connectivity index (χ1) is 12.9. The fourth-order valence-corrected chi connectivity index (χ4v) is 3.54. The molecule has 9 heteroatoms. The molecule has 0 radical (unpaired) electrons. The van der Waals surface area contributed by atoms with Gasteiger partial charge in [-0.25, -0.2) is 13.6 Å². The molecule has 0 spiro atoms. The van der Waals surface area contributed by atoms with E-state index in [1.165, 1.54) is 10.7 Å². The number of anilines is 1. The quantitative estimate of drug-likeness (QED) is 0.763. The van der Waals surface area contributed by atoms with Gasteiger partial charge in [0.25, 0.3) is 6.43 Å². The highest BCUT2D eigenvalue weighted by molar-refractivity contribution is 6.30. The number of phenolic OH excluding ortho intramolecular Hbond substituents is 1. The highest BCUT2D eigenvalue weighted by Gasteiger charge is 2.31. The second-order valence-corrected chi connectivity index (χ2v) is 6.72. The van der Waals surface area contributed by atoms with Crippen LogP contribution in [0.4, 0.5) is 14.5 Å². The van der Waals surface area contributed by atoms with Crippen molar-refractivity contribution in [2.75, 3.05) is 24.6 Å². The normalized spacial score (nSPS) is 17.4. The van der Waals surface area contributed by atoms with Crippen molar-refractivity contribution >= 4 is 23.3 Å². The van der Waals surface area contributed by atoms with Gasteiger partial charge in [-0.3, -0.25) is 4.68 Å². The van der Waals surface area contributed by atoms with Crippen LogP contribution in [0.3, 0.4) is 0 Å². The lowest BCUT2D eigenvalue weighted by Gasteiger charge is -2.35. The summed E-state index contributed by atoms with van der Waals surface area (Å²) in [6.45, 7) is 2.72. The number of hydrogen-bond acceptors (Lipinski definition) is 5. The predicted molar refractivity (Wildman–Crippen MR) is 96.7 cm³/mol. The van der Waals surface area contributed by atoms with Gasteiger partial charge in [-0.1, -0.05) is 11.6 Å². The number of esters is 1. The van der Waals surface area contributed by atoms with Crippen LogP contribution in [0.25, 0.3) is 0 Å². The van der Waals surface area contributed by atoms with E-state index in [1.807, 2.05) is 4.90 Å². The Labute approximate surface area is 160 Å². The summed E-state index contributed by atoms with van der Waals surface area (Å²) in [7, 11) is 0. The van der Waals surface area contributed by atoms with Crippen molar-refractivity contribution in [1.82, 2.24) is 9.78 Å². The molecular weight excluding hydrogens is 380 g/mol. The fraction of sp³-hybridized carbons (Fsp3) is 0.444. The van der Waals surface area contributed by atoms with Crippen LogP contribution in [-0.4, -0.2) is 40.6 Å². The van der Waals surface area contributed by atoms with E-state index in [9.17, 15) is 18.7 Å². The molecular formula is C18H20ClF2N3O3. The summed E-state index contributed by atoms with van der Waals surface area (Å²) in [5, 5.41) is 14.6. The monoisotopic (exact) mass is 399 g/mol. The molecule has 1 saturated heterocycles. The highest BCUT2D eigenvalue weighted by Crippen LogP contribution is 2.36. The van der Waals surface area contributed by atoms with E-state index in [1.54, 1.807) is 19.1 Å². The third-order valence-corrected chi connectivity index (χ3v) is 4.79. The number of carbonyl (C=O) groups is 1. The molecule has 2 heterocycles. The van der Waals surface area contributed by atoms with E-state index in [0.29, 0.717) is 36.6 Å². The summed E-state index contributed by atoms with van der Waals surface area (Å²) in [5.41, 5.74) is -0.103. The van der Waals surface area contributed by atoms with Crippen molar-refractivity contribution in [3.8, 4) is 5.75 Å². The van der Waals surface area contributed by atoms with Crippen LogP contribution in [0.15, 0.2) is 24.4 Å². The van der Waals surface area contributed by atoms with Crippen LogP contribution in [0, 0.1) is 0 Å². The number of piperidine rings is 1. The summed E-state index contributed by atoms with van der Waals surface area (Å²) >= 11 is 6.02. The predicted octanol–water partition coefficient (Wildman–Crippen LogP) is 4.20. The number of halogens is 3. The standard InChI is InChI=1S/C18H20ClF2N3O3/c1-2-27-18(26)13-9-22-24(16(13)17(20)21)12-4-3-7-23(10-12)14-8-11(19)5-6-15(14)25/h5-6,8-9,12,17,25H,2-4,7,10H2,1H3.